The molecule has 0 saturated carbocycles. The summed E-state index contributed by atoms with van der Waals surface area (Å²) >= 11 is 0. The lowest BCUT2D eigenvalue weighted by Crippen LogP contribution is -2.07. The van der Waals surface area contributed by atoms with Gasteiger partial charge < -0.3 is 5.11 Å². The number of rotatable bonds is 3. The Hall–Kier alpha value is -1.61. The molecule has 0 spiro atoms. The van der Waals surface area contributed by atoms with Gasteiger partial charge in [-0.25, -0.2) is 0 Å². The largest absolute Gasteiger partial charge is 0.392 e. The predicted octanol–water partition coefficient (Wildman–Crippen LogP) is 2.97. The van der Waals surface area contributed by atoms with Gasteiger partial charge in [-0.15, -0.1) is 0 Å². The highest BCUT2D eigenvalue weighted by atomic mass is 16.3. The van der Waals surface area contributed by atoms with Gasteiger partial charge in [0.05, 0.1) is 18.8 Å². The normalized spacial score (nSPS) is 11.1. The van der Waals surface area contributed by atoms with Crippen molar-refractivity contribution in [2.45, 2.75) is 47.8 Å². The highest BCUT2D eigenvalue weighted by molar-refractivity contribution is 5.38. The van der Waals surface area contributed by atoms with Gasteiger partial charge in [-0.1, -0.05) is 17.7 Å². The van der Waals surface area contributed by atoms with Crippen LogP contribution in [0.25, 0.3) is 0 Å². The zero-order valence-corrected chi connectivity index (χ0v) is 12.4. The van der Waals surface area contributed by atoms with E-state index in [4.69, 9.17) is 0 Å². The van der Waals surface area contributed by atoms with Gasteiger partial charge in [-0.05, 0) is 51.3 Å². The number of hydrogen-bond acceptors (Lipinski definition) is 2. The van der Waals surface area contributed by atoms with Gasteiger partial charge in [0.1, 0.15) is 0 Å². The highest BCUT2D eigenvalue weighted by Gasteiger charge is 2.12. The monoisotopic (exact) mass is 258 g/mol. The summed E-state index contributed by atoms with van der Waals surface area (Å²) < 4.78 is 1.99. The number of benzene rings is 1. The van der Waals surface area contributed by atoms with E-state index >= 15 is 0 Å². The molecule has 2 rings (SSSR count). The molecule has 2 aromatic rings. The van der Waals surface area contributed by atoms with Gasteiger partial charge in [0.2, 0.25) is 0 Å². The summed E-state index contributed by atoms with van der Waals surface area (Å²) in [4.78, 5) is 0. The molecule has 0 amide bonds. The summed E-state index contributed by atoms with van der Waals surface area (Å²) in [7, 11) is 0. The van der Waals surface area contributed by atoms with E-state index in [2.05, 4.69) is 38.0 Å². The lowest BCUT2D eigenvalue weighted by atomic mass is 10.00. The summed E-state index contributed by atoms with van der Waals surface area (Å²) in [5, 5.41) is 13.9. The van der Waals surface area contributed by atoms with E-state index in [1.807, 2.05) is 18.5 Å². The minimum atomic E-state index is 0.0591. The third-order valence-corrected chi connectivity index (χ3v) is 3.84. The summed E-state index contributed by atoms with van der Waals surface area (Å²) in [6, 6.07) is 4.42. The SMILES string of the molecule is Cc1cc(C)c(Cn2nc(C)c(CO)c2C)c(C)c1. The second kappa shape index (κ2) is 5.17. The van der Waals surface area contributed by atoms with Crippen molar-refractivity contribution in [3.63, 3.8) is 0 Å². The minimum Gasteiger partial charge on any atom is -0.392 e. The van der Waals surface area contributed by atoms with Crippen LogP contribution in [0.5, 0.6) is 0 Å². The second-order valence-electron chi connectivity index (χ2n) is 5.34. The highest BCUT2D eigenvalue weighted by Crippen LogP contribution is 2.20. The van der Waals surface area contributed by atoms with Crippen LogP contribution in [-0.4, -0.2) is 14.9 Å². The summed E-state index contributed by atoms with van der Waals surface area (Å²) in [6.07, 6.45) is 0. The van der Waals surface area contributed by atoms with E-state index in [0.717, 1.165) is 23.5 Å². The first-order valence-electron chi connectivity index (χ1n) is 6.64. The maximum atomic E-state index is 9.37. The summed E-state index contributed by atoms with van der Waals surface area (Å²) in [6.45, 7) is 11.2. The van der Waals surface area contributed by atoms with Crippen LogP contribution in [0.4, 0.5) is 0 Å². The summed E-state index contributed by atoms with van der Waals surface area (Å²) in [5.41, 5.74) is 8.14. The number of aliphatic hydroxyl groups is 1. The molecule has 19 heavy (non-hydrogen) atoms. The van der Waals surface area contributed by atoms with Gasteiger partial charge >= 0.3 is 0 Å². The van der Waals surface area contributed by atoms with Gasteiger partial charge in [-0.2, -0.15) is 5.10 Å². The van der Waals surface area contributed by atoms with Crippen molar-refractivity contribution in [3.05, 3.63) is 51.3 Å². The van der Waals surface area contributed by atoms with Crippen LogP contribution in [0.3, 0.4) is 0 Å². The Kier molecular flexibility index (Phi) is 3.76. The van der Waals surface area contributed by atoms with E-state index in [0.29, 0.717) is 0 Å². The molecule has 0 saturated heterocycles. The molecular formula is C16H22N2O. The smallest absolute Gasteiger partial charge is 0.0718 e. The van der Waals surface area contributed by atoms with Crippen molar-refractivity contribution in [2.75, 3.05) is 0 Å². The fourth-order valence-electron chi connectivity index (χ4n) is 2.73. The van der Waals surface area contributed by atoms with E-state index < -0.39 is 0 Å². The van der Waals surface area contributed by atoms with Crippen molar-refractivity contribution >= 4 is 0 Å². The number of aliphatic hydroxyl groups excluding tert-OH is 1. The van der Waals surface area contributed by atoms with Gasteiger partial charge in [0, 0.05) is 11.3 Å². The van der Waals surface area contributed by atoms with Crippen molar-refractivity contribution in [1.82, 2.24) is 9.78 Å². The van der Waals surface area contributed by atoms with Crippen LogP contribution in [0.1, 0.15) is 39.2 Å². The molecule has 0 unspecified atom stereocenters. The first kappa shape index (κ1) is 13.8. The third kappa shape index (κ3) is 2.56. The van der Waals surface area contributed by atoms with Crippen LogP contribution in [-0.2, 0) is 13.2 Å². The zero-order valence-electron chi connectivity index (χ0n) is 12.4. The Morgan fingerprint density at radius 2 is 1.58 bits per heavy atom. The molecule has 0 aliphatic carbocycles. The van der Waals surface area contributed by atoms with Gasteiger partial charge in [0.25, 0.3) is 0 Å². The predicted molar refractivity (Wildman–Crippen MR) is 77.4 cm³/mol. The molecule has 102 valence electrons. The maximum Gasteiger partial charge on any atom is 0.0718 e. The van der Waals surface area contributed by atoms with Crippen LogP contribution in [0, 0.1) is 34.6 Å². The Morgan fingerprint density at radius 3 is 2.05 bits per heavy atom. The number of aryl methyl sites for hydroxylation is 4. The Morgan fingerprint density at radius 1 is 1.00 bits per heavy atom. The lowest BCUT2D eigenvalue weighted by Gasteiger charge is -2.12. The fourth-order valence-corrected chi connectivity index (χ4v) is 2.73. The fraction of sp³-hybridized carbons (Fsp3) is 0.438. The first-order chi connectivity index (χ1) is 8.93. The van der Waals surface area contributed by atoms with Gasteiger partial charge in [0.15, 0.2) is 0 Å². The summed E-state index contributed by atoms with van der Waals surface area (Å²) in [5.74, 6) is 0. The molecule has 0 bridgehead atoms. The Labute approximate surface area is 114 Å². The molecule has 1 aromatic carbocycles. The third-order valence-electron chi connectivity index (χ3n) is 3.84. The van der Waals surface area contributed by atoms with E-state index in [9.17, 15) is 5.11 Å². The zero-order chi connectivity index (χ0) is 14.2. The molecule has 0 aliphatic heterocycles. The quantitative estimate of drug-likeness (QED) is 0.919. The molecule has 1 N–H and O–H groups in total. The average molecular weight is 258 g/mol. The lowest BCUT2D eigenvalue weighted by molar-refractivity contribution is 0.280. The van der Waals surface area contributed by atoms with Crippen molar-refractivity contribution in [3.8, 4) is 0 Å². The van der Waals surface area contributed by atoms with Gasteiger partial charge in [-0.3, -0.25) is 4.68 Å². The molecule has 1 heterocycles. The molecule has 0 radical (unpaired) electrons. The molecular weight excluding hydrogens is 236 g/mol. The Bertz CT molecular complexity index is 588. The second-order valence-corrected chi connectivity index (χ2v) is 5.34. The van der Waals surface area contributed by atoms with Crippen LogP contribution >= 0.6 is 0 Å². The van der Waals surface area contributed by atoms with Crippen LogP contribution < -0.4 is 0 Å². The van der Waals surface area contributed by atoms with Crippen molar-refractivity contribution < 1.29 is 5.11 Å². The van der Waals surface area contributed by atoms with Crippen LogP contribution in [0.15, 0.2) is 12.1 Å². The number of aromatic nitrogens is 2. The average Bonchev–Trinajstić information content (AvgIpc) is 2.58. The standard InChI is InChI=1S/C16H22N2O/c1-10-6-11(2)15(12(3)7-10)8-18-14(5)16(9-19)13(4)17-18/h6-7,19H,8-9H2,1-5H3. The molecule has 1 aromatic heterocycles. The first-order valence-corrected chi connectivity index (χ1v) is 6.64. The molecule has 3 heteroatoms. The molecule has 0 fully saturated rings. The number of nitrogens with zero attached hydrogens (tertiary/aromatic N) is 2. The van der Waals surface area contributed by atoms with E-state index in [-0.39, 0.29) is 6.61 Å². The van der Waals surface area contributed by atoms with Crippen molar-refractivity contribution in [2.24, 2.45) is 0 Å². The van der Waals surface area contributed by atoms with Crippen molar-refractivity contribution in [1.29, 1.82) is 0 Å². The van der Waals surface area contributed by atoms with E-state index in [1.54, 1.807) is 0 Å². The minimum absolute atomic E-state index is 0.0591. The Balaban J connectivity index is 2.42. The topological polar surface area (TPSA) is 38.0 Å². The molecule has 3 nitrogen and oxygen atoms in total. The van der Waals surface area contributed by atoms with E-state index in [1.165, 1.54) is 22.3 Å². The van der Waals surface area contributed by atoms with Crippen LogP contribution in [0.2, 0.25) is 0 Å². The maximum absolute atomic E-state index is 9.37. The molecule has 0 aliphatic rings. The molecule has 0 atom stereocenters. The number of hydrogen-bond donors (Lipinski definition) is 1.